The molecule has 0 aliphatic heterocycles. The third-order valence-electron chi connectivity index (χ3n) is 2.19. The van der Waals surface area contributed by atoms with Crippen molar-refractivity contribution < 1.29 is 4.79 Å². The van der Waals surface area contributed by atoms with Crippen molar-refractivity contribution >= 4 is 28.2 Å². The van der Waals surface area contributed by atoms with Gasteiger partial charge in [0.15, 0.2) is 0 Å². The molecule has 0 aliphatic rings. The number of carbonyl (C=O) groups is 1. The van der Waals surface area contributed by atoms with Gasteiger partial charge >= 0.3 is 0 Å². The van der Waals surface area contributed by atoms with Gasteiger partial charge in [-0.1, -0.05) is 18.2 Å². The number of nitrogens with two attached hydrogens (primary N) is 1. The van der Waals surface area contributed by atoms with Crippen LogP contribution in [0.5, 0.6) is 0 Å². The number of nitriles is 1. The van der Waals surface area contributed by atoms with Crippen LogP contribution in [-0.4, -0.2) is 11.8 Å². The molecule has 2 aromatic rings. The fourth-order valence-electron chi connectivity index (χ4n) is 1.31. The van der Waals surface area contributed by atoms with E-state index < -0.39 is 5.24 Å². The highest BCUT2D eigenvalue weighted by Gasteiger charge is 2.00. The standard InChI is InChI=1S/C8H4ClNO.C6H9NS/c9-8(11)7-3-1-2-6(4-7)5-10;7-4-3-6-2-1-5-8-6/h1-4H;1-2,5H,3-4,7H2. The number of halogens is 1. The zero-order valence-corrected chi connectivity index (χ0v) is 11.7. The number of carbonyl (C=O) groups excluding carboxylic acids is 1. The van der Waals surface area contributed by atoms with E-state index in [2.05, 4.69) is 17.5 Å². The average molecular weight is 293 g/mol. The summed E-state index contributed by atoms with van der Waals surface area (Å²) < 4.78 is 0. The number of hydrogen-bond donors (Lipinski definition) is 1. The SMILES string of the molecule is N#Cc1cccc(C(=O)Cl)c1.NCCc1cccs1. The first-order valence-corrected chi connectivity index (χ1v) is 6.85. The van der Waals surface area contributed by atoms with Crippen LogP contribution in [0.2, 0.25) is 0 Å². The van der Waals surface area contributed by atoms with Crippen LogP contribution in [-0.2, 0) is 6.42 Å². The lowest BCUT2D eigenvalue weighted by atomic mass is 10.1. The summed E-state index contributed by atoms with van der Waals surface area (Å²) in [7, 11) is 0. The van der Waals surface area contributed by atoms with E-state index >= 15 is 0 Å². The fraction of sp³-hybridized carbons (Fsp3) is 0.143. The maximum Gasteiger partial charge on any atom is 0.252 e. The molecule has 0 aliphatic carbocycles. The largest absolute Gasteiger partial charge is 0.330 e. The van der Waals surface area contributed by atoms with Gasteiger partial charge in [0.2, 0.25) is 0 Å². The van der Waals surface area contributed by atoms with Gasteiger partial charge in [0, 0.05) is 10.4 Å². The number of nitrogens with zero attached hydrogens (tertiary/aromatic N) is 1. The van der Waals surface area contributed by atoms with Crippen LogP contribution in [0.3, 0.4) is 0 Å². The molecule has 3 nitrogen and oxygen atoms in total. The van der Waals surface area contributed by atoms with Crippen molar-refractivity contribution in [1.29, 1.82) is 5.26 Å². The van der Waals surface area contributed by atoms with Crippen molar-refractivity contribution in [3.05, 3.63) is 57.8 Å². The summed E-state index contributed by atoms with van der Waals surface area (Å²) in [5.74, 6) is 0. The lowest BCUT2D eigenvalue weighted by molar-refractivity contribution is 0.108. The second-order valence-corrected chi connectivity index (χ2v) is 4.96. The maximum atomic E-state index is 10.6. The molecule has 2 N–H and O–H groups in total. The first kappa shape index (κ1) is 15.4. The van der Waals surface area contributed by atoms with Crippen molar-refractivity contribution in [3.8, 4) is 6.07 Å². The molecule has 0 spiro atoms. The average Bonchev–Trinajstić information content (AvgIpc) is 2.93. The van der Waals surface area contributed by atoms with Gasteiger partial charge < -0.3 is 5.73 Å². The molecular weight excluding hydrogens is 280 g/mol. The van der Waals surface area contributed by atoms with Gasteiger partial charge in [-0.05, 0) is 48.1 Å². The molecule has 0 amide bonds. The zero-order valence-electron chi connectivity index (χ0n) is 10.2. The Morgan fingerprint density at radius 3 is 2.68 bits per heavy atom. The quantitative estimate of drug-likeness (QED) is 0.884. The van der Waals surface area contributed by atoms with Gasteiger partial charge in [0.05, 0.1) is 11.6 Å². The maximum absolute atomic E-state index is 10.6. The van der Waals surface area contributed by atoms with E-state index in [1.54, 1.807) is 29.5 Å². The van der Waals surface area contributed by atoms with Crippen LogP contribution in [0, 0.1) is 11.3 Å². The summed E-state index contributed by atoms with van der Waals surface area (Å²) in [4.78, 5) is 12.0. The van der Waals surface area contributed by atoms with Crippen molar-refractivity contribution in [1.82, 2.24) is 0 Å². The first-order chi connectivity index (χ1) is 9.17. The molecule has 2 rings (SSSR count). The Morgan fingerprint density at radius 2 is 2.16 bits per heavy atom. The van der Waals surface area contributed by atoms with Crippen molar-refractivity contribution in [2.75, 3.05) is 6.54 Å². The van der Waals surface area contributed by atoms with Crippen molar-refractivity contribution in [3.63, 3.8) is 0 Å². The minimum atomic E-state index is -0.540. The summed E-state index contributed by atoms with van der Waals surface area (Å²) in [5.41, 5.74) is 6.12. The van der Waals surface area contributed by atoms with Crippen LogP contribution in [0.15, 0.2) is 41.8 Å². The predicted octanol–water partition coefficient (Wildman–Crippen LogP) is 3.19. The molecule has 0 radical (unpaired) electrons. The molecule has 5 heteroatoms. The number of thiophene rings is 1. The summed E-state index contributed by atoms with van der Waals surface area (Å²) in [6.45, 7) is 0.764. The summed E-state index contributed by atoms with van der Waals surface area (Å²) in [5, 5.41) is 9.97. The first-order valence-electron chi connectivity index (χ1n) is 5.60. The molecule has 0 atom stereocenters. The van der Waals surface area contributed by atoms with E-state index in [0.717, 1.165) is 13.0 Å². The molecule has 98 valence electrons. The van der Waals surface area contributed by atoms with Gasteiger partial charge in [-0.25, -0.2) is 0 Å². The predicted molar refractivity (Wildman–Crippen MR) is 78.4 cm³/mol. The number of rotatable bonds is 3. The van der Waals surface area contributed by atoms with Crippen LogP contribution >= 0.6 is 22.9 Å². The second kappa shape index (κ2) is 8.44. The van der Waals surface area contributed by atoms with E-state index in [-0.39, 0.29) is 0 Å². The monoisotopic (exact) mass is 292 g/mol. The Labute approximate surface area is 121 Å². The molecule has 1 aromatic heterocycles. The Hall–Kier alpha value is -1.67. The molecule has 0 saturated heterocycles. The molecular formula is C14H13ClN2OS. The van der Waals surface area contributed by atoms with Crippen LogP contribution in [0.4, 0.5) is 0 Å². The van der Waals surface area contributed by atoms with E-state index in [1.807, 2.05) is 6.07 Å². The second-order valence-electron chi connectivity index (χ2n) is 3.58. The number of hydrogen-bond acceptors (Lipinski definition) is 4. The highest BCUT2D eigenvalue weighted by molar-refractivity contribution is 7.09. The van der Waals surface area contributed by atoms with Crippen LogP contribution < -0.4 is 5.73 Å². The third kappa shape index (κ3) is 5.66. The van der Waals surface area contributed by atoms with E-state index in [0.29, 0.717) is 11.1 Å². The third-order valence-corrected chi connectivity index (χ3v) is 3.34. The summed E-state index contributed by atoms with van der Waals surface area (Å²) in [6, 6.07) is 12.3. The molecule has 1 aromatic carbocycles. The van der Waals surface area contributed by atoms with Gasteiger partial charge in [0.25, 0.3) is 5.24 Å². The zero-order chi connectivity index (χ0) is 14.1. The smallest absolute Gasteiger partial charge is 0.252 e. The molecule has 0 saturated carbocycles. The topological polar surface area (TPSA) is 66.9 Å². The lowest BCUT2D eigenvalue weighted by Crippen LogP contribution is -2.00. The summed E-state index contributed by atoms with van der Waals surface area (Å²) in [6.07, 6.45) is 1.03. The molecule has 19 heavy (non-hydrogen) atoms. The Morgan fingerprint density at radius 1 is 1.37 bits per heavy atom. The molecule has 1 heterocycles. The Balaban J connectivity index is 0.000000200. The van der Waals surface area contributed by atoms with Gasteiger partial charge in [-0.2, -0.15) is 5.26 Å². The Kier molecular flexibility index (Phi) is 6.83. The number of benzene rings is 1. The lowest BCUT2D eigenvalue weighted by Gasteiger charge is -1.91. The van der Waals surface area contributed by atoms with Crippen LogP contribution in [0.1, 0.15) is 20.8 Å². The highest BCUT2D eigenvalue weighted by Crippen LogP contribution is 2.07. The molecule has 0 unspecified atom stereocenters. The minimum Gasteiger partial charge on any atom is -0.330 e. The van der Waals surface area contributed by atoms with Crippen molar-refractivity contribution in [2.24, 2.45) is 5.73 Å². The fourth-order valence-corrected chi connectivity index (χ4v) is 2.15. The van der Waals surface area contributed by atoms with Crippen LogP contribution in [0.25, 0.3) is 0 Å². The van der Waals surface area contributed by atoms with Gasteiger partial charge in [0.1, 0.15) is 0 Å². The van der Waals surface area contributed by atoms with E-state index in [9.17, 15) is 4.79 Å². The van der Waals surface area contributed by atoms with E-state index in [4.69, 9.17) is 22.6 Å². The summed E-state index contributed by atoms with van der Waals surface area (Å²) >= 11 is 6.95. The minimum absolute atomic E-state index is 0.353. The Bertz CT molecular complexity index is 561. The normalized spacial score (nSPS) is 9.11. The van der Waals surface area contributed by atoms with Crippen molar-refractivity contribution in [2.45, 2.75) is 6.42 Å². The van der Waals surface area contributed by atoms with Gasteiger partial charge in [-0.3, -0.25) is 4.79 Å². The molecule has 0 fully saturated rings. The van der Waals surface area contributed by atoms with Gasteiger partial charge in [-0.15, -0.1) is 11.3 Å². The van der Waals surface area contributed by atoms with E-state index in [1.165, 1.54) is 10.9 Å². The molecule has 0 bridgehead atoms. The highest BCUT2D eigenvalue weighted by atomic mass is 35.5.